The second kappa shape index (κ2) is 29.5. The molecule has 0 saturated carbocycles. The quantitative estimate of drug-likeness (QED) is 0.0236. The molecule has 4 rings (SSSR count). The number of hydrogen-bond acceptors (Lipinski definition) is 13. The number of amides is 7. The Morgan fingerprint density at radius 3 is 1.92 bits per heavy atom. The number of carboxylic acids is 2. The Morgan fingerprint density at radius 1 is 0.763 bits per heavy atom. The van der Waals surface area contributed by atoms with Crippen molar-refractivity contribution in [2.45, 2.75) is 134 Å². The van der Waals surface area contributed by atoms with Gasteiger partial charge in [0, 0.05) is 48.7 Å². The van der Waals surface area contributed by atoms with E-state index < -0.39 is 120 Å². The van der Waals surface area contributed by atoms with E-state index in [1.54, 1.807) is 52.0 Å². The highest BCUT2D eigenvalue weighted by Gasteiger charge is 2.41. The standard InChI is InChI=1S/C50H70BrN13O12/c1-5-27(4)41(47(73)60-36(22-31-24-55-25-57-31)48(74)64-19-7-9-38(64)45(71)61-37(49(75)76)21-28-10-14-30(51)15-11-28)63-44(70)35(20-29-12-16-32(65)17-13-29)59-46(72)40(26(2)3)62-43(69)34(8-6-18-56-50(53)54)58-42(68)33(52)23-39(66)67/h10-17,24-27,33-38,40-41,65H,5-9,18-23,52H2,1-4H3,(H,55,57)(H,58,68)(H,59,72)(H,60,73)(H,61,71)(H,62,69)(H,63,70)(H,66,67)(H,75,76)(H4,53,54,56)/t27-,33-,34-,35-,36-,37-,38-,40-,41-/m0/s1. The summed E-state index contributed by atoms with van der Waals surface area (Å²) in [5.74, 6) is -9.68. The minimum absolute atomic E-state index is 0.0235. The second-order valence-electron chi connectivity index (χ2n) is 19.0. The molecular weight excluding hydrogens is 1050 g/mol. The average molecular weight is 1130 g/mol. The van der Waals surface area contributed by atoms with Gasteiger partial charge in [-0.25, -0.2) is 9.78 Å². The van der Waals surface area contributed by atoms with Crippen LogP contribution in [0.5, 0.6) is 5.75 Å². The van der Waals surface area contributed by atoms with Crippen LogP contribution in [0.15, 0.2) is 70.5 Å². The number of imidazole rings is 1. The summed E-state index contributed by atoms with van der Waals surface area (Å²) in [5.41, 5.74) is 18.2. The van der Waals surface area contributed by atoms with Gasteiger partial charge < -0.3 is 74.3 Å². The van der Waals surface area contributed by atoms with E-state index in [1.165, 1.54) is 41.7 Å². The number of phenols is 1. The molecule has 26 heteroatoms. The number of guanidine groups is 1. The van der Waals surface area contributed by atoms with Gasteiger partial charge in [0.2, 0.25) is 41.4 Å². The topological polar surface area (TPSA) is 409 Å². The molecule has 9 atom stereocenters. The van der Waals surface area contributed by atoms with Crippen LogP contribution in [0.3, 0.4) is 0 Å². The lowest BCUT2D eigenvalue weighted by Gasteiger charge is -2.32. The fourth-order valence-corrected chi connectivity index (χ4v) is 8.58. The van der Waals surface area contributed by atoms with Crippen LogP contribution in [0.25, 0.3) is 0 Å². The van der Waals surface area contributed by atoms with Crippen LogP contribution < -0.4 is 49.1 Å². The summed E-state index contributed by atoms with van der Waals surface area (Å²) in [5, 5.41) is 45.2. The Labute approximate surface area is 447 Å². The number of H-pyrrole nitrogens is 1. The van der Waals surface area contributed by atoms with Crippen LogP contribution in [-0.4, -0.2) is 151 Å². The monoisotopic (exact) mass is 1120 g/mol. The van der Waals surface area contributed by atoms with Crippen molar-refractivity contribution in [3.63, 3.8) is 0 Å². The lowest BCUT2D eigenvalue weighted by Crippen LogP contribution is -2.62. The van der Waals surface area contributed by atoms with Crippen LogP contribution in [-0.2, 0) is 62.4 Å². The highest BCUT2D eigenvalue weighted by Crippen LogP contribution is 2.22. The molecule has 16 N–H and O–H groups in total. The van der Waals surface area contributed by atoms with Crippen LogP contribution in [0.2, 0.25) is 0 Å². The normalized spacial score (nSPS) is 16.3. The Bertz CT molecular complexity index is 2510. The molecule has 0 unspecified atom stereocenters. The van der Waals surface area contributed by atoms with E-state index in [0.29, 0.717) is 29.7 Å². The Balaban J connectivity index is 1.59. The van der Waals surface area contributed by atoms with Crippen molar-refractivity contribution in [3.05, 3.63) is 82.3 Å². The Hall–Kier alpha value is -7.61. The van der Waals surface area contributed by atoms with Gasteiger partial charge in [-0.05, 0) is 72.9 Å². The first-order valence-electron chi connectivity index (χ1n) is 24.9. The summed E-state index contributed by atoms with van der Waals surface area (Å²) in [7, 11) is 0. The Kier molecular flexibility index (Phi) is 23.6. The van der Waals surface area contributed by atoms with Crippen LogP contribution in [0, 0.1) is 11.8 Å². The molecule has 7 amide bonds. The number of aromatic hydroxyl groups is 1. The Morgan fingerprint density at radius 2 is 1.34 bits per heavy atom. The van der Waals surface area contributed by atoms with Gasteiger partial charge >= 0.3 is 11.9 Å². The molecule has 25 nitrogen and oxygen atoms in total. The number of aromatic amines is 1. The number of aliphatic imine (C=N–C) groups is 1. The number of halogens is 1. The van der Waals surface area contributed by atoms with Crippen LogP contribution in [0.4, 0.5) is 0 Å². The maximum atomic E-state index is 14.6. The zero-order valence-electron chi connectivity index (χ0n) is 42.8. The van der Waals surface area contributed by atoms with Crippen molar-refractivity contribution < 1.29 is 58.5 Å². The van der Waals surface area contributed by atoms with Gasteiger partial charge in [-0.15, -0.1) is 0 Å². The molecule has 1 fully saturated rings. The number of rotatable bonds is 29. The zero-order chi connectivity index (χ0) is 56.2. The summed E-state index contributed by atoms with van der Waals surface area (Å²) < 4.78 is 0.788. The fourth-order valence-electron chi connectivity index (χ4n) is 8.32. The van der Waals surface area contributed by atoms with Crippen LogP contribution in [0.1, 0.15) is 83.0 Å². The summed E-state index contributed by atoms with van der Waals surface area (Å²) in [6, 6.07) is 2.10. The van der Waals surface area contributed by atoms with Crippen molar-refractivity contribution in [1.29, 1.82) is 0 Å². The average Bonchev–Trinajstić information content (AvgIpc) is 4.09. The van der Waals surface area contributed by atoms with Gasteiger partial charge in [-0.3, -0.25) is 43.3 Å². The predicted molar refractivity (Wildman–Crippen MR) is 280 cm³/mol. The summed E-state index contributed by atoms with van der Waals surface area (Å²) >= 11 is 3.35. The molecule has 0 bridgehead atoms. The van der Waals surface area contributed by atoms with Gasteiger partial charge in [0.1, 0.15) is 48.0 Å². The highest BCUT2D eigenvalue weighted by molar-refractivity contribution is 9.10. The number of likely N-dealkylation sites (tertiary alicyclic amines) is 1. The summed E-state index contributed by atoms with van der Waals surface area (Å²) in [4.78, 5) is 134. The van der Waals surface area contributed by atoms with Gasteiger partial charge in [0.05, 0.1) is 18.8 Å². The van der Waals surface area contributed by atoms with Gasteiger partial charge in [0.25, 0.3) is 0 Å². The molecular formula is C50H70BrN13O12. The largest absolute Gasteiger partial charge is 0.508 e. The number of nitrogens with zero attached hydrogens (tertiary/aromatic N) is 3. The van der Waals surface area contributed by atoms with Crippen molar-refractivity contribution in [3.8, 4) is 5.75 Å². The lowest BCUT2D eigenvalue weighted by atomic mass is 9.96. The molecule has 0 radical (unpaired) electrons. The SMILES string of the molecule is CC[C@H](C)[C@H](NC(=O)[C@H](Cc1ccc(O)cc1)NC(=O)[C@@H](NC(=O)[C@H](CCCN=C(N)N)NC(=O)[C@@H](N)CC(=O)O)C(C)C)C(=O)N[C@@H](Cc1cnc[nH]1)C(=O)N1CCC[C@H]1C(=O)N[C@@H](Cc1ccc(Br)cc1)C(=O)O. The van der Waals surface area contributed by atoms with E-state index in [1.807, 2.05) is 0 Å². The molecule has 414 valence electrons. The van der Waals surface area contributed by atoms with Crippen molar-refractivity contribution in [2.75, 3.05) is 13.1 Å². The fraction of sp³-hybridized carbons (Fsp3) is 0.500. The molecule has 2 aromatic carbocycles. The van der Waals surface area contributed by atoms with E-state index in [2.05, 4.69) is 62.8 Å². The predicted octanol–water partition coefficient (Wildman–Crippen LogP) is -0.552. The maximum Gasteiger partial charge on any atom is 0.326 e. The van der Waals surface area contributed by atoms with E-state index in [0.717, 1.165) is 4.47 Å². The van der Waals surface area contributed by atoms with E-state index in [4.69, 9.17) is 17.2 Å². The number of aliphatic carboxylic acids is 2. The smallest absolute Gasteiger partial charge is 0.326 e. The van der Waals surface area contributed by atoms with Gasteiger partial charge in [0.15, 0.2) is 5.96 Å². The molecule has 0 spiro atoms. The first-order valence-corrected chi connectivity index (χ1v) is 25.6. The first kappa shape index (κ1) is 60.9. The number of carboxylic acid groups (broad SMARTS) is 2. The second-order valence-corrected chi connectivity index (χ2v) is 19.9. The first-order chi connectivity index (χ1) is 36.0. The number of benzene rings is 2. The van der Waals surface area contributed by atoms with Crippen molar-refractivity contribution in [2.24, 2.45) is 34.0 Å². The zero-order valence-corrected chi connectivity index (χ0v) is 44.4. The molecule has 3 aromatic rings. The molecule has 76 heavy (non-hydrogen) atoms. The van der Waals surface area contributed by atoms with Gasteiger partial charge in [-0.2, -0.15) is 0 Å². The molecule has 1 aromatic heterocycles. The third kappa shape index (κ3) is 19.0. The number of aromatic nitrogens is 2. The van der Waals surface area contributed by atoms with E-state index in [9.17, 15) is 58.5 Å². The van der Waals surface area contributed by atoms with Crippen LogP contribution >= 0.6 is 15.9 Å². The third-order valence-electron chi connectivity index (χ3n) is 12.8. The number of carbonyl (C=O) groups excluding carboxylic acids is 7. The highest BCUT2D eigenvalue weighted by atomic mass is 79.9. The number of hydrogen-bond donors (Lipinski definition) is 13. The van der Waals surface area contributed by atoms with Gasteiger partial charge in [-0.1, -0.05) is 74.3 Å². The molecule has 1 aliphatic rings. The number of nitrogens with one attached hydrogen (secondary N) is 7. The number of carbonyl (C=O) groups is 9. The number of phenolic OH excluding ortho intramolecular Hbond substituents is 1. The maximum absolute atomic E-state index is 14.6. The lowest BCUT2D eigenvalue weighted by molar-refractivity contribution is -0.145. The van der Waals surface area contributed by atoms with Crippen molar-refractivity contribution in [1.82, 2.24) is 46.8 Å². The molecule has 0 aliphatic carbocycles. The van der Waals surface area contributed by atoms with E-state index >= 15 is 0 Å². The molecule has 1 aliphatic heterocycles. The van der Waals surface area contributed by atoms with Crippen molar-refractivity contribution >= 4 is 75.2 Å². The summed E-state index contributed by atoms with van der Waals surface area (Å²) in [6.07, 6.45) is 2.87. The molecule has 1 saturated heterocycles. The minimum Gasteiger partial charge on any atom is -0.508 e. The molecule has 2 heterocycles. The summed E-state index contributed by atoms with van der Waals surface area (Å²) in [6.45, 7) is 6.89. The third-order valence-corrected chi connectivity index (χ3v) is 13.3. The minimum atomic E-state index is -1.51. The number of nitrogens with two attached hydrogens (primary N) is 3. The van der Waals surface area contributed by atoms with E-state index in [-0.39, 0.29) is 63.3 Å².